The Balaban J connectivity index is 1.94. The Hall–Kier alpha value is -3.20. The highest BCUT2D eigenvalue weighted by atomic mass is 79.9. The van der Waals surface area contributed by atoms with Crippen LogP contribution in [-0.4, -0.2) is 25.5 Å². The normalized spacial score (nSPS) is 11.5. The fourth-order valence-electron chi connectivity index (χ4n) is 3.12. The van der Waals surface area contributed by atoms with E-state index in [-0.39, 0.29) is 24.4 Å². The summed E-state index contributed by atoms with van der Waals surface area (Å²) in [5.41, 5.74) is 4.98. The van der Waals surface area contributed by atoms with Crippen molar-refractivity contribution in [2.45, 2.75) is 6.04 Å². The molecule has 0 fully saturated rings. The number of rotatable bonds is 8. The number of hydrogen-bond donors (Lipinski definition) is 4. The summed E-state index contributed by atoms with van der Waals surface area (Å²) in [6.07, 6.45) is 0. The van der Waals surface area contributed by atoms with Gasteiger partial charge in [-0.15, -0.1) is 0 Å². The van der Waals surface area contributed by atoms with Gasteiger partial charge in [0.25, 0.3) is 5.91 Å². The minimum atomic E-state index is -0.359. The molecule has 0 aliphatic carbocycles. The number of nitrogens with one attached hydrogen (secondary N) is 3. The van der Waals surface area contributed by atoms with Crippen molar-refractivity contribution < 1.29 is 14.3 Å². The molecule has 3 aromatic carbocycles. The summed E-state index contributed by atoms with van der Waals surface area (Å²) in [5.74, 6) is 5.30. The molecular weight excluding hydrogens is 460 g/mol. The molecule has 0 aliphatic heterocycles. The second kappa shape index (κ2) is 10.7. The Labute approximate surface area is 189 Å². The van der Waals surface area contributed by atoms with Crippen molar-refractivity contribution in [1.82, 2.24) is 10.7 Å². The van der Waals surface area contributed by atoms with Crippen molar-refractivity contribution >= 4 is 33.4 Å². The van der Waals surface area contributed by atoms with Gasteiger partial charge in [0.05, 0.1) is 19.7 Å². The highest BCUT2D eigenvalue weighted by Gasteiger charge is 2.20. The molecule has 7 nitrogen and oxygen atoms in total. The number of hydrazine groups is 1. The van der Waals surface area contributed by atoms with E-state index < -0.39 is 0 Å². The summed E-state index contributed by atoms with van der Waals surface area (Å²) in [6, 6.07) is 21.7. The Kier molecular flexibility index (Phi) is 7.77. The Bertz CT molecular complexity index is 1040. The van der Waals surface area contributed by atoms with E-state index in [4.69, 9.17) is 10.6 Å². The third-order valence-electron chi connectivity index (χ3n) is 4.69. The zero-order chi connectivity index (χ0) is 22.2. The van der Waals surface area contributed by atoms with Crippen molar-refractivity contribution in [2.75, 3.05) is 19.0 Å². The third kappa shape index (κ3) is 5.91. The first-order valence-electron chi connectivity index (χ1n) is 9.54. The van der Waals surface area contributed by atoms with Crippen LogP contribution in [0.2, 0.25) is 0 Å². The molecule has 160 valence electrons. The van der Waals surface area contributed by atoms with Crippen LogP contribution in [0.1, 0.15) is 27.5 Å². The maximum atomic E-state index is 12.9. The van der Waals surface area contributed by atoms with Gasteiger partial charge in [0.1, 0.15) is 5.75 Å². The van der Waals surface area contributed by atoms with Gasteiger partial charge in [-0.25, -0.2) is 5.84 Å². The number of nitrogens with two attached hydrogens (primary N) is 1. The number of carbonyl (C=O) groups is 2. The predicted octanol–water partition coefficient (Wildman–Crippen LogP) is 3.38. The molecule has 8 heteroatoms. The number of carbonyl (C=O) groups excluding carboxylic acids is 2. The standard InChI is InChI=1S/C23H23BrN4O3/c1-31-18-10-7-16(8-11-18)23(30)27-20-12-9-17(24)13-19(20)22(26-14-21(29)28-25)15-5-3-2-4-6-15/h2-13,22,26H,14,25H2,1H3,(H,27,30)(H,28,29). The van der Waals surface area contributed by atoms with E-state index in [1.165, 1.54) is 0 Å². The number of hydrogen-bond acceptors (Lipinski definition) is 5. The molecule has 31 heavy (non-hydrogen) atoms. The summed E-state index contributed by atoms with van der Waals surface area (Å²) in [4.78, 5) is 24.6. The van der Waals surface area contributed by atoms with Crippen molar-refractivity contribution in [3.63, 3.8) is 0 Å². The first-order chi connectivity index (χ1) is 15.0. The maximum absolute atomic E-state index is 12.9. The van der Waals surface area contributed by atoms with Gasteiger partial charge >= 0.3 is 0 Å². The van der Waals surface area contributed by atoms with Crippen LogP contribution < -0.4 is 26.6 Å². The lowest BCUT2D eigenvalue weighted by molar-refractivity contribution is -0.120. The van der Waals surface area contributed by atoms with Crippen LogP contribution >= 0.6 is 15.9 Å². The van der Waals surface area contributed by atoms with Crippen molar-refractivity contribution in [1.29, 1.82) is 0 Å². The smallest absolute Gasteiger partial charge is 0.255 e. The minimum absolute atomic E-state index is 0.00837. The third-order valence-corrected chi connectivity index (χ3v) is 5.18. The molecule has 0 aromatic heterocycles. The Morgan fingerprint density at radius 2 is 1.74 bits per heavy atom. The van der Waals surface area contributed by atoms with Gasteiger partial charge in [0, 0.05) is 15.7 Å². The van der Waals surface area contributed by atoms with E-state index in [1.807, 2.05) is 48.5 Å². The minimum Gasteiger partial charge on any atom is -0.497 e. The van der Waals surface area contributed by atoms with E-state index >= 15 is 0 Å². The lowest BCUT2D eigenvalue weighted by Gasteiger charge is -2.23. The summed E-state index contributed by atoms with van der Waals surface area (Å²) < 4.78 is 5.99. The van der Waals surface area contributed by atoms with Gasteiger partial charge in [0.2, 0.25) is 5.91 Å². The Morgan fingerprint density at radius 3 is 2.39 bits per heavy atom. The van der Waals surface area contributed by atoms with E-state index in [1.54, 1.807) is 31.4 Å². The topological polar surface area (TPSA) is 105 Å². The van der Waals surface area contributed by atoms with Crippen LogP contribution in [0.5, 0.6) is 5.75 Å². The van der Waals surface area contributed by atoms with Crippen molar-refractivity contribution in [3.8, 4) is 5.75 Å². The van der Waals surface area contributed by atoms with Crippen LogP contribution in [-0.2, 0) is 4.79 Å². The van der Waals surface area contributed by atoms with Gasteiger partial charge in [0.15, 0.2) is 0 Å². The van der Waals surface area contributed by atoms with E-state index in [0.717, 1.165) is 15.6 Å². The molecule has 1 atom stereocenters. The van der Waals surface area contributed by atoms with E-state index in [0.29, 0.717) is 17.0 Å². The molecule has 0 radical (unpaired) electrons. The van der Waals surface area contributed by atoms with E-state index in [9.17, 15) is 9.59 Å². The van der Waals surface area contributed by atoms with Crippen LogP contribution in [0.3, 0.4) is 0 Å². The number of amides is 2. The van der Waals surface area contributed by atoms with Gasteiger partial charge < -0.3 is 10.1 Å². The largest absolute Gasteiger partial charge is 0.497 e. The summed E-state index contributed by atoms with van der Waals surface area (Å²) in [6.45, 7) is 0.00837. The molecule has 0 bridgehead atoms. The molecule has 0 saturated carbocycles. The Morgan fingerprint density at radius 1 is 1.03 bits per heavy atom. The fraction of sp³-hybridized carbons (Fsp3) is 0.130. The molecule has 5 N–H and O–H groups in total. The second-order valence-electron chi connectivity index (χ2n) is 6.71. The molecule has 2 amide bonds. The highest BCUT2D eigenvalue weighted by molar-refractivity contribution is 9.10. The summed E-state index contributed by atoms with van der Waals surface area (Å²) in [7, 11) is 1.57. The average molecular weight is 483 g/mol. The number of methoxy groups -OCH3 is 1. The number of benzene rings is 3. The van der Waals surface area contributed by atoms with Gasteiger partial charge in [-0.3, -0.25) is 20.3 Å². The van der Waals surface area contributed by atoms with E-state index in [2.05, 4.69) is 32.0 Å². The maximum Gasteiger partial charge on any atom is 0.255 e. The predicted molar refractivity (Wildman–Crippen MR) is 124 cm³/mol. The van der Waals surface area contributed by atoms with Crippen molar-refractivity contribution in [2.24, 2.45) is 5.84 Å². The molecule has 1 unspecified atom stereocenters. The highest BCUT2D eigenvalue weighted by Crippen LogP contribution is 2.31. The van der Waals surface area contributed by atoms with Crippen molar-refractivity contribution in [3.05, 3.63) is 94.0 Å². The molecule has 0 aliphatic rings. The van der Waals surface area contributed by atoms with Gasteiger partial charge in [-0.05, 0) is 53.6 Å². The van der Waals surface area contributed by atoms with Gasteiger partial charge in [-0.1, -0.05) is 46.3 Å². The first-order valence-corrected chi connectivity index (χ1v) is 10.3. The van der Waals surface area contributed by atoms with Crippen LogP contribution in [0, 0.1) is 0 Å². The van der Waals surface area contributed by atoms with Crippen LogP contribution in [0.4, 0.5) is 5.69 Å². The number of anilines is 1. The molecule has 3 aromatic rings. The average Bonchev–Trinajstić information content (AvgIpc) is 2.81. The molecule has 0 heterocycles. The van der Waals surface area contributed by atoms with Crippen LogP contribution in [0.15, 0.2) is 77.3 Å². The zero-order valence-electron chi connectivity index (χ0n) is 16.9. The SMILES string of the molecule is COc1ccc(C(=O)Nc2ccc(Br)cc2C(NCC(=O)NN)c2ccccc2)cc1. The lowest BCUT2D eigenvalue weighted by Crippen LogP contribution is -2.39. The molecule has 0 spiro atoms. The van der Waals surface area contributed by atoms with Gasteiger partial charge in [-0.2, -0.15) is 0 Å². The summed E-state index contributed by atoms with van der Waals surface area (Å²) >= 11 is 3.50. The monoisotopic (exact) mass is 482 g/mol. The summed E-state index contributed by atoms with van der Waals surface area (Å²) in [5, 5.41) is 6.20. The lowest BCUT2D eigenvalue weighted by atomic mass is 9.96. The molecule has 3 rings (SSSR count). The number of halogens is 1. The first kappa shape index (κ1) is 22.5. The van der Waals surface area contributed by atoms with Crippen LogP contribution in [0.25, 0.3) is 0 Å². The quantitative estimate of drug-likeness (QED) is 0.223. The zero-order valence-corrected chi connectivity index (χ0v) is 18.5. The fourth-order valence-corrected chi connectivity index (χ4v) is 3.50. The molecular formula is C23H23BrN4O3. The number of ether oxygens (including phenoxy) is 1. The second-order valence-corrected chi connectivity index (χ2v) is 7.62. The molecule has 0 saturated heterocycles.